The summed E-state index contributed by atoms with van der Waals surface area (Å²) in [6, 6.07) is 0. The second kappa shape index (κ2) is 6.02. The molecule has 0 saturated carbocycles. The molecule has 0 spiro atoms. The highest BCUT2D eigenvalue weighted by molar-refractivity contribution is 6.20. The van der Waals surface area contributed by atoms with E-state index < -0.39 is 10.8 Å². The third-order valence-corrected chi connectivity index (χ3v) is 4.09. The quantitative estimate of drug-likeness (QED) is 0.662. The van der Waals surface area contributed by atoms with Crippen molar-refractivity contribution < 1.29 is 9.59 Å². The summed E-state index contributed by atoms with van der Waals surface area (Å²) in [5, 5.41) is 0. The summed E-state index contributed by atoms with van der Waals surface area (Å²) in [7, 11) is 0. The predicted octanol–water partition coefficient (Wildman–Crippen LogP) is 3.43. The fourth-order valence-corrected chi connectivity index (χ4v) is 1.35. The molecule has 0 aromatic heterocycles. The Labute approximate surface area is 108 Å². The van der Waals surface area contributed by atoms with Crippen molar-refractivity contribution in [1.82, 2.24) is 0 Å². The van der Waals surface area contributed by atoms with E-state index in [2.05, 4.69) is 0 Å². The third kappa shape index (κ3) is 4.42. The number of hydrogen-bond acceptors (Lipinski definition) is 2. The fourth-order valence-electron chi connectivity index (χ4n) is 1.05. The zero-order chi connectivity index (χ0) is 13.0. The van der Waals surface area contributed by atoms with Crippen LogP contribution in [0.1, 0.15) is 40.5 Å². The van der Waals surface area contributed by atoms with E-state index in [1.807, 2.05) is 0 Å². The number of Topliss-reactive ketones (excluding diaryl/α,β-unsaturated/α-hetero) is 2. The molecule has 4 heteroatoms. The summed E-state index contributed by atoms with van der Waals surface area (Å²) in [4.78, 5) is 23.5. The van der Waals surface area contributed by atoms with Crippen LogP contribution in [0.25, 0.3) is 0 Å². The van der Waals surface area contributed by atoms with Gasteiger partial charge in [0, 0.05) is 35.4 Å². The third-order valence-electron chi connectivity index (χ3n) is 2.76. The van der Waals surface area contributed by atoms with Gasteiger partial charge in [-0.15, -0.1) is 23.2 Å². The van der Waals surface area contributed by atoms with Crippen molar-refractivity contribution in [2.75, 3.05) is 11.8 Å². The van der Waals surface area contributed by atoms with Crippen molar-refractivity contribution in [3.05, 3.63) is 0 Å². The van der Waals surface area contributed by atoms with Crippen LogP contribution in [0.4, 0.5) is 0 Å². The molecule has 94 valence electrons. The second-order valence-corrected chi connectivity index (χ2v) is 5.92. The largest absolute Gasteiger partial charge is 0.299 e. The molecule has 0 N–H and O–H groups in total. The van der Waals surface area contributed by atoms with Gasteiger partial charge in [-0.2, -0.15) is 0 Å². The van der Waals surface area contributed by atoms with Crippen LogP contribution in [-0.4, -0.2) is 23.3 Å². The van der Waals surface area contributed by atoms with Crippen LogP contribution < -0.4 is 0 Å². The van der Waals surface area contributed by atoms with Gasteiger partial charge in [0.2, 0.25) is 0 Å². The zero-order valence-corrected chi connectivity index (χ0v) is 11.9. The van der Waals surface area contributed by atoms with E-state index in [-0.39, 0.29) is 36.2 Å². The van der Waals surface area contributed by atoms with Gasteiger partial charge in [-0.1, -0.05) is 27.7 Å². The maximum Gasteiger partial charge on any atom is 0.140 e. The van der Waals surface area contributed by atoms with E-state index in [1.165, 1.54) is 0 Å². The Morgan fingerprint density at radius 2 is 1.06 bits per heavy atom. The SMILES string of the molecule is CC(C)(CCl)C(=O)CCC(=O)C(C)(C)CCl. The lowest BCUT2D eigenvalue weighted by atomic mass is 9.83. The summed E-state index contributed by atoms with van der Waals surface area (Å²) >= 11 is 11.4. The Morgan fingerprint density at radius 3 is 1.25 bits per heavy atom. The predicted molar refractivity (Wildman–Crippen MR) is 68.3 cm³/mol. The van der Waals surface area contributed by atoms with Crippen molar-refractivity contribution in [3.8, 4) is 0 Å². The van der Waals surface area contributed by atoms with Gasteiger partial charge in [0.15, 0.2) is 0 Å². The van der Waals surface area contributed by atoms with Gasteiger partial charge >= 0.3 is 0 Å². The summed E-state index contributed by atoms with van der Waals surface area (Å²) < 4.78 is 0. The monoisotopic (exact) mass is 266 g/mol. The van der Waals surface area contributed by atoms with Crippen molar-refractivity contribution in [1.29, 1.82) is 0 Å². The van der Waals surface area contributed by atoms with Crippen LogP contribution >= 0.6 is 23.2 Å². The Hall–Kier alpha value is -0.0800. The molecule has 0 atom stereocenters. The van der Waals surface area contributed by atoms with E-state index in [1.54, 1.807) is 27.7 Å². The maximum atomic E-state index is 11.7. The van der Waals surface area contributed by atoms with E-state index in [0.717, 1.165) is 0 Å². The number of ketones is 2. The van der Waals surface area contributed by atoms with Crippen LogP contribution in [0.3, 0.4) is 0 Å². The minimum absolute atomic E-state index is 0.0289. The molecule has 0 heterocycles. The van der Waals surface area contributed by atoms with Gasteiger partial charge in [-0.25, -0.2) is 0 Å². The topological polar surface area (TPSA) is 34.1 Å². The molecule has 2 nitrogen and oxygen atoms in total. The number of rotatable bonds is 7. The van der Waals surface area contributed by atoms with E-state index in [9.17, 15) is 9.59 Å². The van der Waals surface area contributed by atoms with Crippen molar-refractivity contribution in [2.24, 2.45) is 10.8 Å². The van der Waals surface area contributed by atoms with Gasteiger partial charge in [0.05, 0.1) is 0 Å². The highest BCUT2D eigenvalue weighted by Gasteiger charge is 2.30. The molecule has 0 fully saturated rings. The number of carbonyl (C=O) groups excluding carboxylic acids is 2. The minimum Gasteiger partial charge on any atom is -0.299 e. The molecule has 0 bridgehead atoms. The first-order valence-corrected chi connectivity index (χ1v) is 6.43. The lowest BCUT2D eigenvalue weighted by Gasteiger charge is -2.22. The summed E-state index contributed by atoms with van der Waals surface area (Å²) in [6.45, 7) is 7.16. The molecule has 0 amide bonds. The summed E-state index contributed by atoms with van der Waals surface area (Å²) in [5.41, 5.74) is -1.10. The first kappa shape index (κ1) is 15.9. The molecule has 0 aliphatic rings. The van der Waals surface area contributed by atoms with Gasteiger partial charge < -0.3 is 0 Å². The average molecular weight is 267 g/mol. The molecule has 0 aliphatic carbocycles. The van der Waals surface area contributed by atoms with Crippen LogP contribution in [0.15, 0.2) is 0 Å². The Balaban J connectivity index is 4.28. The minimum atomic E-state index is -0.549. The highest BCUT2D eigenvalue weighted by atomic mass is 35.5. The molecule has 0 aliphatic heterocycles. The maximum absolute atomic E-state index is 11.7. The zero-order valence-electron chi connectivity index (χ0n) is 10.4. The van der Waals surface area contributed by atoms with Crippen LogP contribution in [0.2, 0.25) is 0 Å². The number of halogens is 2. The molecule has 0 radical (unpaired) electrons. The molecule has 0 saturated heterocycles. The summed E-state index contributed by atoms with van der Waals surface area (Å²) in [6.07, 6.45) is 0.498. The number of alkyl halides is 2. The van der Waals surface area contributed by atoms with E-state index in [0.29, 0.717) is 0 Å². The average Bonchev–Trinajstić information content (AvgIpc) is 2.24. The van der Waals surface area contributed by atoms with Gasteiger partial charge in [-0.3, -0.25) is 9.59 Å². The smallest absolute Gasteiger partial charge is 0.140 e. The summed E-state index contributed by atoms with van der Waals surface area (Å²) in [5.74, 6) is 0.611. The highest BCUT2D eigenvalue weighted by Crippen LogP contribution is 2.25. The van der Waals surface area contributed by atoms with Crippen molar-refractivity contribution in [2.45, 2.75) is 40.5 Å². The Kier molecular flexibility index (Phi) is 5.99. The second-order valence-electron chi connectivity index (χ2n) is 5.38. The molecule has 0 unspecified atom stereocenters. The van der Waals surface area contributed by atoms with Gasteiger partial charge in [0.25, 0.3) is 0 Å². The van der Waals surface area contributed by atoms with Crippen molar-refractivity contribution >= 4 is 34.8 Å². The lowest BCUT2D eigenvalue weighted by molar-refractivity contribution is -0.131. The van der Waals surface area contributed by atoms with E-state index in [4.69, 9.17) is 23.2 Å². The lowest BCUT2D eigenvalue weighted by Crippen LogP contribution is -2.30. The molecule has 16 heavy (non-hydrogen) atoms. The van der Waals surface area contributed by atoms with Gasteiger partial charge in [0.1, 0.15) is 11.6 Å². The van der Waals surface area contributed by atoms with Crippen LogP contribution in [-0.2, 0) is 9.59 Å². The molecular weight excluding hydrogens is 247 g/mol. The van der Waals surface area contributed by atoms with Crippen LogP contribution in [0.5, 0.6) is 0 Å². The Bertz CT molecular complexity index is 242. The molecular formula is C12H20Cl2O2. The first-order chi connectivity index (χ1) is 7.17. The molecule has 0 aromatic carbocycles. The number of hydrogen-bond donors (Lipinski definition) is 0. The van der Waals surface area contributed by atoms with Gasteiger partial charge in [-0.05, 0) is 0 Å². The van der Waals surface area contributed by atoms with Crippen molar-refractivity contribution in [3.63, 3.8) is 0 Å². The van der Waals surface area contributed by atoms with Crippen LogP contribution in [0, 0.1) is 10.8 Å². The molecule has 0 rings (SSSR count). The standard InChI is InChI=1S/C12H20Cl2O2/c1-11(2,7-13)9(15)5-6-10(16)12(3,4)8-14/h5-8H2,1-4H3. The first-order valence-electron chi connectivity index (χ1n) is 5.36. The van der Waals surface area contributed by atoms with E-state index >= 15 is 0 Å². The normalized spacial score (nSPS) is 12.6. The number of carbonyl (C=O) groups is 2. The fraction of sp³-hybridized carbons (Fsp3) is 0.833. The Morgan fingerprint density at radius 1 is 0.812 bits per heavy atom. The molecule has 0 aromatic rings.